The largest absolute Gasteiger partial charge is 0.492 e. The Morgan fingerprint density at radius 2 is 1.90 bits per heavy atom. The summed E-state index contributed by atoms with van der Waals surface area (Å²) in [6.45, 7) is 9.89. The van der Waals surface area contributed by atoms with E-state index < -0.39 is 0 Å². The van der Waals surface area contributed by atoms with E-state index in [1.807, 2.05) is 30.3 Å². The van der Waals surface area contributed by atoms with Gasteiger partial charge in [-0.15, -0.1) is 0 Å². The minimum absolute atomic E-state index is 0.0702. The molecule has 0 atom stereocenters. The van der Waals surface area contributed by atoms with Gasteiger partial charge in [-0.1, -0.05) is 38.1 Å². The molecular formula is C27H31NO3. The second-order valence-electron chi connectivity index (χ2n) is 8.15. The highest BCUT2D eigenvalue weighted by Gasteiger charge is 2.22. The van der Waals surface area contributed by atoms with E-state index in [0.29, 0.717) is 17.6 Å². The average Bonchev–Trinajstić information content (AvgIpc) is 2.79. The number of likely N-dealkylation sites (N-methyl/N-ethyl adjacent to an activating group) is 1. The topological polar surface area (TPSA) is 42.7 Å². The molecule has 2 aromatic carbocycles. The van der Waals surface area contributed by atoms with Gasteiger partial charge in [0.25, 0.3) is 0 Å². The average molecular weight is 418 g/mol. The van der Waals surface area contributed by atoms with Crippen molar-refractivity contribution in [3.8, 4) is 5.75 Å². The molecule has 31 heavy (non-hydrogen) atoms. The summed E-state index contributed by atoms with van der Waals surface area (Å²) in [5.74, 6) is 1.47. The lowest BCUT2D eigenvalue weighted by Gasteiger charge is -2.19. The molecular weight excluding hydrogens is 386 g/mol. The van der Waals surface area contributed by atoms with E-state index in [9.17, 15) is 4.79 Å². The Morgan fingerprint density at radius 3 is 2.68 bits per heavy atom. The Bertz CT molecular complexity index is 1150. The lowest BCUT2D eigenvalue weighted by Crippen LogP contribution is -2.27. The first-order valence-corrected chi connectivity index (χ1v) is 11.3. The summed E-state index contributed by atoms with van der Waals surface area (Å²) in [4.78, 5) is 15.6. The van der Waals surface area contributed by atoms with Crippen LogP contribution in [-0.4, -0.2) is 31.1 Å². The van der Waals surface area contributed by atoms with Crippen LogP contribution < -0.4 is 10.2 Å². The maximum atomic E-state index is 13.3. The van der Waals surface area contributed by atoms with E-state index >= 15 is 0 Å². The Morgan fingerprint density at radius 1 is 1.10 bits per heavy atom. The van der Waals surface area contributed by atoms with Crippen molar-refractivity contribution in [2.45, 2.75) is 40.0 Å². The Balaban J connectivity index is 1.66. The molecule has 4 nitrogen and oxygen atoms in total. The van der Waals surface area contributed by atoms with E-state index in [1.54, 1.807) is 0 Å². The molecule has 162 valence electrons. The van der Waals surface area contributed by atoms with Crippen molar-refractivity contribution in [3.63, 3.8) is 0 Å². The van der Waals surface area contributed by atoms with Gasteiger partial charge in [-0.2, -0.15) is 0 Å². The molecule has 1 aliphatic rings. The lowest BCUT2D eigenvalue weighted by atomic mass is 9.89. The summed E-state index contributed by atoms with van der Waals surface area (Å²) < 4.78 is 12.2. The number of allylic oxidation sites excluding steroid dienone is 1. The predicted octanol–water partition coefficient (Wildman–Crippen LogP) is 5.70. The third-order valence-corrected chi connectivity index (χ3v) is 6.21. The summed E-state index contributed by atoms with van der Waals surface area (Å²) in [5, 5.41) is 0.608. The zero-order valence-corrected chi connectivity index (χ0v) is 18.7. The van der Waals surface area contributed by atoms with E-state index in [4.69, 9.17) is 9.15 Å². The molecule has 0 bridgehead atoms. The standard InChI is InChI=1S/C27H31NO3/c1-4-28(5-2)15-16-30-22-13-14-25-24(18-22)26(29)23-12-8-11-21(27(23)31-25)17-20-10-7-6-9-19(20)3/h6-7,9-10,13-14,17-18H,4-5,8,11-12,15-16H2,1-3H3. The molecule has 4 heteroatoms. The first kappa shape index (κ1) is 21.4. The molecule has 0 radical (unpaired) electrons. The number of hydrogen-bond donors (Lipinski definition) is 0. The van der Waals surface area contributed by atoms with Gasteiger partial charge in [-0.25, -0.2) is 0 Å². The molecule has 1 aliphatic carbocycles. The van der Waals surface area contributed by atoms with Crippen molar-refractivity contribution in [1.82, 2.24) is 4.90 Å². The van der Waals surface area contributed by atoms with Crippen LogP contribution in [0.15, 0.2) is 51.7 Å². The fourth-order valence-corrected chi connectivity index (χ4v) is 4.26. The van der Waals surface area contributed by atoms with Crippen LogP contribution in [0, 0.1) is 6.92 Å². The maximum Gasteiger partial charge on any atom is 0.196 e. The summed E-state index contributed by atoms with van der Waals surface area (Å²) in [6, 6.07) is 13.9. The van der Waals surface area contributed by atoms with Gasteiger partial charge < -0.3 is 14.1 Å². The first-order chi connectivity index (χ1) is 15.1. The van der Waals surface area contributed by atoms with Gasteiger partial charge >= 0.3 is 0 Å². The minimum Gasteiger partial charge on any atom is -0.492 e. The number of fused-ring (bicyclic) bond motifs is 2. The van der Waals surface area contributed by atoms with Crippen LogP contribution in [0.3, 0.4) is 0 Å². The van der Waals surface area contributed by atoms with Crippen molar-refractivity contribution < 1.29 is 9.15 Å². The van der Waals surface area contributed by atoms with Crippen LogP contribution in [0.5, 0.6) is 5.75 Å². The normalized spacial score (nSPS) is 14.9. The van der Waals surface area contributed by atoms with Gasteiger partial charge in [0, 0.05) is 12.1 Å². The first-order valence-electron chi connectivity index (χ1n) is 11.3. The van der Waals surface area contributed by atoms with Crippen LogP contribution in [0.1, 0.15) is 49.1 Å². The van der Waals surface area contributed by atoms with Gasteiger partial charge in [-0.05, 0) is 80.3 Å². The number of nitrogens with zero attached hydrogens (tertiary/aromatic N) is 1. The fourth-order valence-electron chi connectivity index (χ4n) is 4.26. The molecule has 0 unspecified atom stereocenters. The van der Waals surface area contributed by atoms with Crippen molar-refractivity contribution in [2.75, 3.05) is 26.2 Å². The SMILES string of the molecule is CCN(CC)CCOc1ccc2oc3c(c(=O)c2c1)CCCC3=Cc1ccccc1C. The molecule has 0 fully saturated rings. The second-order valence-corrected chi connectivity index (χ2v) is 8.15. The van der Waals surface area contributed by atoms with Crippen LogP contribution >= 0.6 is 0 Å². The Kier molecular flexibility index (Phi) is 6.57. The minimum atomic E-state index is 0.0702. The Hall–Kier alpha value is -2.85. The molecule has 1 aromatic heterocycles. The molecule has 0 saturated carbocycles. The number of rotatable bonds is 7. The highest BCUT2D eigenvalue weighted by atomic mass is 16.5. The molecule has 0 aliphatic heterocycles. The third-order valence-electron chi connectivity index (χ3n) is 6.21. The van der Waals surface area contributed by atoms with E-state index in [1.165, 1.54) is 11.1 Å². The number of aryl methyl sites for hydroxylation is 1. The van der Waals surface area contributed by atoms with Gasteiger partial charge in [0.1, 0.15) is 23.7 Å². The fraction of sp³-hybridized carbons (Fsp3) is 0.370. The van der Waals surface area contributed by atoms with E-state index in [0.717, 1.165) is 61.5 Å². The van der Waals surface area contributed by atoms with Gasteiger partial charge in [0.15, 0.2) is 5.43 Å². The number of ether oxygens (including phenoxy) is 1. The number of hydrogen-bond acceptors (Lipinski definition) is 4. The summed E-state index contributed by atoms with van der Waals surface area (Å²) >= 11 is 0. The third kappa shape index (κ3) is 4.59. The van der Waals surface area contributed by atoms with Crippen LogP contribution in [-0.2, 0) is 6.42 Å². The second kappa shape index (κ2) is 9.52. The lowest BCUT2D eigenvalue weighted by molar-refractivity contribution is 0.223. The number of benzene rings is 2. The van der Waals surface area contributed by atoms with Gasteiger partial charge in [-0.3, -0.25) is 4.79 Å². The van der Waals surface area contributed by atoms with Crippen LogP contribution in [0.4, 0.5) is 0 Å². The molecule has 4 rings (SSSR count). The highest BCUT2D eigenvalue weighted by Crippen LogP contribution is 2.34. The van der Waals surface area contributed by atoms with Crippen molar-refractivity contribution in [1.29, 1.82) is 0 Å². The van der Waals surface area contributed by atoms with Crippen LogP contribution in [0.25, 0.3) is 22.6 Å². The van der Waals surface area contributed by atoms with Crippen LogP contribution in [0.2, 0.25) is 0 Å². The summed E-state index contributed by atoms with van der Waals surface area (Å²) in [7, 11) is 0. The summed E-state index contributed by atoms with van der Waals surface area (Å²) in [6.07, 6.45) is 4.81. The Labute approximate surface area is 184 Å². The smallest absolute Gasteiger partial charge is 0.196 e. The highest BCUT2D eigenvalue weighted by molar-refractivity contribution is 5.86. The van der Waals surface area contributed by atoms with E-state index in [-0.39, 0.29) is 5.43 Å². The zero-order valence-electron chi connectivity index (χ0n) is 18.7. The van der Waals surface area contributed by atoms with Crippen molar-refractivity contribution in [2.24, 2.45) is 0 Å². The molecule has 0 amide bonds. The molecule has 0 saturated heterocycles. The zero-order chi connectivity index (χ0) is 21.8. The molecule has 0 spiro atoms. The summed E-state index contributed by atoms with van der Waals surface area (Å²) in [5.41, 5.74) is 4.98. The van der Waals surface area contributed by atoms with Gasteiger partial charge in [0.05, 0.1) is 5.39 Å². The molecule has 1 heterocycles. The molecule has 3 aromatic rings. The van der Waals surface area contributed by atoms with Crippen molar-refractivity contribution >= 4 is 22.6 Å². The maximum absolute atomic E-state index is 13.3. The van der Waals surface area contributed by atoms with Gasteiger partial charge in [0.2, 0.25) is 0 Å². The van der Waals surface area contributed by atoms with Crippen molar-refractivity contribution in [3.05, 3.63) is 75.1 Å². The monoisotopic (exact) mass is 417 g/mol. The quantitative estimate of drug-likeness (QED) is 0.495. The predicted molar refractivity (Wildman–Crippen MR) is 128 cm³/mol. The molecule has 0 N–H and O–H groups in total. The van der Waals surface area contributed by atoms with E-state index in [2.05, 4.69) is 43.9 Å².